The van der Waals surface area contributed by atoms with Crippen LogP contribution in [0.3, 0.4) is 0 Å². The highest BCUT2D eigenvalue weighted by molar-refractivity contribution is 5.97. The fraction of sp³-hybridized carbons (Fsp3) is 0.111. The molecule has 0 N–H and O–H groups in total. The van der Waals surface area contributed by atoms with E-state index in [9.17, 15) is 5.26 Å². The van der Waals surface area contributed by atoms with Crippen molar-refractivity contribution in [3.8, 4) is 28.7 Å². The molecule has 0 unspecified atom stereocenters. The molecule has 33 heavy (non-hydrogen) atoms. The zero-order valence-corrected chi connectivity index (χ0v) is 17.8. The molecule has 0 spiro atoms. The maximum Gasteiger partial charge on any atom is 0.231 e. The molecule has 1 aliphatic heterocycles. The Morgan fingerprint density at radius 2 is 1.79 bits per heavy atom. The Morgan fingerprint density at radius 3 is 2.73 bits per heavy atom. The van der Waals surface area contributed by atoms with Gasteiger partial charge in [-0.05, 0) is 34.0 Å². The predicted molar refractivity (Wildman–Crippen MR) is 125 cm³/mol. The van der Waals surface area contributed by atoms with Crippen molar-refractivity contribution in [1.82, 2.24) is 14.1 Å². The van der Waals surface area contributed by atoms with E-state index < -0.39 is 0 Å². The smallest absolute Gasteiger partial charge is 0.231 e. The van der Waals surface area contributed by atoms with Crippen LogP contribution in [-0.4, -0.2) is 20.9 Å². The normalized spacial score (nSPS) is 12.2. The molecule has 1 aliphatic rings. The summed E-state index contributed by atoms with van der Waals surface area (Å²) in [4.78, 5) is 4.36. The van der Waals surface area contributed by atoms with Gasteiger partial charge in [-0.15, -0.1) is 0 Å². The summed E-state index contributed by atoms with van der Waals surface area (Å²) in [7, 11) is 0. The molecule has 3 heterocycles. The summed E-state index contributed by atoms with van der Waals surface area (Å²) in [5.74, 6) is 1.56. The molecule has 6 rings (SSSR count). The minimum absolute atomic E-state index is 0.267. The van der Waals surface area contributed by atoms with Crippen molar-refractivity contribution >= 4 is 10.8 Å². The zero-order valence-electron chi connectivity index (χ0n) is 17.8. The lowest BCUT2D eigenvalue weighted by Crippen LogP contribution is -2.07. The summed E-state index contributed by atoms with van der Waals surface area (Å²) < 4.78 is 15.1. The van der Waals surface area contributed by atoms with Gasteiger partial charge in [-0.2, -0.15) is 5.26 Å². The highest BCUT2D eigenvalue weighted by Gasteiger charge is 2.15. The third kappa shape index (κ3) is 3.50. The van der Waals surface area contributed by atoms with Gasteiger partial charge in [0.25, 0.3) is 0 Å². The molecule has 0 radical (unpaired) electrons. The van der Waals surface area contributed by atoms with Crippen molar-refractivity contribution in [2.45, 2.75) is 13.1 Å². The fourth-order valence-electron chi connectivity index (χ4n) is 4.41. The zero-order chi connectivity index (χ0) is 22.2. The van der Waals surface area contributed by atoms with Crippen molar-refractivity contribution in [2.24, 2.45) is 0 Å². The first-order valence-electron chi connectivity index (χ1n) is 10.7. The van der Waals surface area contributed by atoms with Crippen molar-refractivity contribution in [1.29, 1.82) is 5.26 Å². The van der Waals surface area contributed by atoms with Crippen LogP contribution in [0.4, 0.5) is 0 Å². The highest BCUT2D eigenvalue weighted by Crippen LogP contribution is 2.33. The van der Waals surface area contributed by atoms with E-state index in [2.05, 4.69) is 50.6 Å². The summed E-state index contributed by atoms with van der Waals surface area (Å²) in [6.45, 7) is 1.56. The molecule has 5 aromatic rings. The summed E-state index contributed by atoms with van der Waals surface area (Å²) in [5, 5.41) is 12.1. The third-order valence-corrected chi connectivity index (χ3v) is 6.01. The standard InChI is InChI=1S/C27H20N4O2/c28-11-21-14-30(16-25(21)24-7-3-5-20-4-1-2-6-23(20)24)15-22-12-29-17-31(22)13-19-8-9-26-27(10-19)33-18-32-26/h1-10,12,14,16-17H,13,15,18H2. The number of benzene rings is 3. The molecule has 0 amide bonds. The Labute approximate surface area is 190 Å². The maximum atomic E-state index is 9.81. The number of imidazole rings is 1. The van der Waals surface area contributed by atoms with Crippen LogP contribution in [0.5, 0.6) is 11.5 Å². The number of nitrogens with zero attached hydrogens (tertiary/aromatic N) is 4. The SMILES string of the molecule is N#Cc1cn(Cc2cncn2Cc2ccc3c(c2)OCO3)cc1-c1cccc2ccccc12. The largest absolute Gasteiger partial charge is 0.454 e. The number of hydrogen-bond acceptors (Lipinski definition) is 4. The number of fused-ring (bicyclic) bond motifs is 2. The Kier molecular flexibility index (Phi) is 4.59. The molecular formula is C27H20N4O2. The lowest BCUT2D eigenvalue weighted by atomic mass is 9.98. The maximum absolute atomic E-state index is 9.81. The van der Waals surface area contributed by atoms with Crippen LogP contribution in [0.1, 0.15) is 16.8 Å². The average molecular weight is 432 g/mol. The van der Waals surface area contributed by atoms with E-state index in [1.54, 1.807) is 0 Å². The molecule has 0 atom stereocenters. The Bertz CT molecular complexity index is 1520. The van der Waals surface area contributed by atoms with Gasteiger partial charge in [0, 0.05) is 30.7 Å². The van der Waals surface area contributed by atoms with E-state index in [1.807, 2.05) is 55.1 Å². The predicted octanol–water partition coefficient (Wildman–Crippen LogP) is 5.20. The van der Waals surface area contributed by atoms with E-state index >= 15 is 0 Å². The Hall–Kier alpha value is -4.50. The molecule has 160 valence electrons. The third-order valence-electron chi connectivity index (χ3n) is 6.01. The van der Waals surface area contributed by atoms with E-state index in [4.69, 9.17) is 9.47 Å². The topological polar surface area (TPSA) is 65.0 Å². The van der Waals surface area contributed by atoms with Gasteiger partial charge in [-0.25, -0.2) is 4.98 Å². The molecule has 0 aliphatic carbocycles. The van der Waals surface area contributed by atoms with Crippen molar-refractivity contribution in [3.05, 3.63) is 102 Å². The second-order valence-electron chi connectivity index (χ2n) is 8.10. The van der Waals surface area contributed by atoms with Gasteiger partial charge in [0.15, 0.2) is 11.5 Å². The summed E-state index contributed by atoms with van der Waals surface area (Å²) >= 11 is 0. The lowest BCUT2D eigenvalue weighted by molar-refractivity contribution is 0.174. The molecular weight excluding hydrogens is 412 g/mol. The fourth-order valence-corrected chi connectivity index (χ4v) is 4.41. The van der Waals surface area contributed by atoms with Crippen molar-refractivity contribution < 1.29 is 9.47 Å². The second kappa shape index (κ2) is 7.88. The summed E-state index contributed by atoms with van der Waals surface area (Å²) in [5.41, 5.74) is 4.83. The minimum atomic E-state index is 0.267. The lowest BCUT2D eigenvalue weighted by Gasteiger charge is -2.10. The molecule has 0 bridgehead atoms. The van der Waals surface area contributed by atoms with Gasteiger partial charge in [-0.1, -0.05) is 48.5 Å². The number of ether oxygens (including phenoxy) is 2. The molecule has 6 heteroatoms. The first-order valence-corrected chi connectivity index (χ1v) is 10.7. The van der Waals surface area contributed by atoms with Crippen LogP contribution in [-0.2, 0) is 13.1 Å². The van der Waals surface area contributed by atoms with Gasteiger partial charge in [-0.3, -0.25) is 0 Å². The molecule has 0 saturated carbocycles. The van der Waals surface area contributed by atoms with Gasteiger partial charge < -0.3 is 18.6 Å². The minimum Gasteiger partial charge on any atom is -0.454 e. The summed E-state index contributed by atoms with van der Waals surface area (Å²) in [6.07, 6.45) is 7.67. The van der Waals surface area contributed by atoms with E-state index in [0.29, 0.717) is 18.7 Å². The van der Waals surface area contributed by atoms with Crippen molar-refractivity contribution in [3.63, 3.8) is 0 Å². The monoisotopic (exact) mass is 432 g/mol. The van der Waals surface area contributed by atoms with E-state index in [0.717, 1.165) is 44.7 Å². The number of aromatic nitrogens is 3. The molecule has 0 saturated heterocycles. The number of hydrogen-bond donors (Lipinski definition) is 0. The average Bonchev–Trinajstić information content (AvgIpc) is 3.59. The number of nitriles is 1. The van der Waals surface area contributed by atoms with Gasteiger partial charge in [0.05, 0.1) is 24.1 Å². The van der Waals surface area contributed by atoms with Crippen LogP contribution in [0, 0.1) is 11.3 Å². The van der Waals surface area contributed by atoms with E-state index in [1.165, 1.54) is 0 Å². The first-order chi connectivity index (χ1) is 16.3. The van der Waals surface area contributed by atoms with Gasteiger partial charge in [0.2, 0.25) is 6.79 Å². The molecule has 0 fully saturated rings. The number of rotatable bonds is 5. The van der Waals surface area contributed by atoms with Crippen LogP contribution >= 0.6 is 0 Å². The van der Waals surface area contributed by atoms with Gasteiger partial charge >= 0.3 is 0 Å². The molecule has 6 nitrogen and oxygen atoms in total. The second-order valence-corrected chi connectivity index (χ2v) is 8.10. The van der Waals surface area contributed by atoms with Crippen LogP contribution in [0.15, 0.2) is 85.6 Å². The molecule has 2 aromatic heterocycles. The Morgan fingerprint density at radius 1 is 0.909 bits per heavy atom. The molecule has 3 aromatic carbocycles. The van der Waals surface area contributed by atoms with Crippen LogP contribution in [0.25, 0.3) is 21.9 Å². The highest BCUT2D eigenvalue weighted by atomic mass is 16.7. The first kappa shape index (κ1) is 19.2. The quantitative estimate of drug-likeness (QED) is 0.383. The van der Waals surface area contributed by atoms with Crippen molar-refractivity contribution in [2.75, 3.05) is 6.79 Å². The Balaban J connectivity index is 1.31. The van der Waals surface area contributed by atoms with Crippen LogP contribution in [0.2, 0.25) is 0 Å². The van der Waals surface area contributed by atoms with Gasteiger partial charge in [0.1, 0.15) is 6.07 Å². The van der Waals surface area contributed by atoms with Crippen LogP contribution < -0.4 is 9.47 Å². The van der Waals surface area contributed by atoms with E-state index in [-0.39, 0.29) is 6.79 Å². The summed E-state index contributed by atoms with van der Waals surface area (Å²) in [6, 6.07) is 22.8.